The monoisotopic (exact) mass is 1070 g/mol. The van der Waals surface area contributed by atoms with Crippen LogP contribution in [0.25, 0.3) is 0 Å². The van der Waals surface area contributed by atoms with Crippen LogP contribution in [0.2, 0.25) is 0 Å². The minimum Gasteiger partial charge on any atom is -0.466 e. The van der Waals surface area contributed by atoms with E-state index in [0.29, 0.717) is 25.9 Å². The van der Waals surface area contributed by atoms with E-state index < -0.39 is 12.1 Å². The molecule has 448 valence electrons. The first-order chi connectivity index (χ1) is 37.5. The van der Waals surface area contributed by atoms with E-state index in [1.807, 2.05) is 0 Å². The van der Waals surface area contributed by atoms with Crippen LogP contribution in [-0.4, -0.2) is 47.4 Å². The van der Waals surface area contributed by atoms with Crippen molar-refractivity contribution in [2.45, 2.75) is 386 Å². The van der Waals surface area contributed by atoms with Gasteiger partial charge in [0.25, 0.3) is 0 Å². The normalized spacial score (nSPS) is 12.7. The van der Waals surface area contributed by atoms with Crippen molar-refractivity contribution in [2.75, 3.05) is 13.2 Å². The Labute approximate surface area is 474 Å². The average molecular weight is 1070 g/mol. The van der Waals surface area contributed by atoms with Gasteiger partial charge < -0.3 is 20.3 Å². The highest BCUT2D eigenvalue weighted by Crippen LogP contribution is 2.18. The molecule has 2 unspecified atom stereocenters. The molecule has 6 heteroatoms. The summed E-state index contributed by atoms with van der Waals surface area (Å²) in [6, 6.07) is -0.549. The van der Waals surface area contributed by atoms with Gasteiger partial charge in [0.15, 0.2) is 0 Å². The molecule has 0 rings (SSSR count). The molecule has 0 aromatic heterocycles. The van der Waals surface area contributed by atoms with E-state index in [1.165, 1.54) is 289 Å². The molecule has 0 saturated heterocycles. The van der Waals surface area contributed by atoms with Crippen molar-refractivity contribution in [3.05, 3.63) is 36.5 Å². The van der Waals surface area contributed by atoms with Gasteiger partial charge in [-0.05, 0) is 83.5 Å². The third-order valence-corrected chi connectivity index (χ3v) is 15.9. The number of rotatable bonds is 64. The SMILES string of the molecule is CCCCC/C=C\C/C=C\CCCCCCCCCC(=O)OCCCCCCCCCCCC/C=C\CCCCCCCCCC(=O)NC(CO)C(O)CCCCCCCCCCCCCCCCCCCCCCC. The number of unbranched alkanes of at least 4 members (excludes halogenated alkanes) is 47. The Kier molecular flexibility index (Phi) is 63.9. The van der Waals surface area contributed by atoms with Crippen LogP contribution in [0.5, 0.6) is 0 Å². The maximum atomic E-state index is 12.5. The first-order valence-electron chi connectivity index (χ1n) is 34.2. The molecule has 0 aliphatic rings. The second-order valence-electron chi connectivity index (χ2n) is 23.5. The van der Waals surface area contributed by atoms with Gasteiger partial charge in [0.2, 0.25) is 5.91 Å². The minimum absolute atomic E-state index is 0.00107. The van der Waals surface area contributed by atoms with Crippen molar-refractivity contribution in [2.24, 2.45) is 0 Å². The van der Waals surface area contributed by atoms with Crippen molar-refractivity contribution in [1.29, 1.82) is 0 Å². The zero-order valence-corrected chi connectivity index (χ0v) is 51.3. The number of esters is 1. The van der Waals surface area contributed by atoms with E-state index in [2.05, 4.69) is 55.6 Å². The van der Waals surface area contributed by atoms with Crippen LogP contribution in [0.15, 0.2) is 36.5 Å². The molecule has 0 radical (unpaired) electrons. The highest BCUT2D eigenvalue weighted by atomic mass is 16.5. The van der Waals surface area contributed by atoms with Gasteiger partial charge in [0, 0.05) is 12.8 Å². The number of aliphatic hydroxyl groups excluding tert-OH is 2. The van der Waals surface area contributed by atoms with Gasteiger partial charge in [-0.3, -0.25) is 9.59 Å². The largest absolute Gasteiger partial charge is 0.466 e. The van der Waals surface area contributed by atoms with Crippen molar-refractivity contribution >= 4 is 11.9 Å². The van der Waals surface area contributed by atoms with Gasteiger partial charge in [0.1, 0.15) is 0 Å². The maximum Gasteiger partial charge on any atom is 0.305 e. The Balaban J connectivity index is 3.42. The van der Waals surface area contributed by atoms with Crippen LogP contribution in [0.4, 0.5) is 0 Å². The smallest absolute Gasteiger partial charge is 0.305 e. The lowest BCUT2D eigenvalue weighted by Crippen LogP contribution is -2.45. The number of nitrogens with one attached hydrogen (secondary N) is 1. The second kappa shape index (κ2) is 65.6. The molecule has 6 nitrogen and oxygen atoms in total. The Bertz CT molecular complexity index is 1230. The van der Waals surface area contributed by atoms with Crippen LogP contribution < -0.4 is 5.32 Å². The molecular formula is C70H133NO5. The third kappa shape index (κ3) is 61.3. The second-order valence-corrected chi connectivity index (χ2v) is 23.5. The van der Waals surface area contributed by atoms with Crippen molar-refractivity contribution in [3.63, 3.8) is 0 Å². The molecule has 0 fully saturated rings. The Morgan fingerprint density at radius 2 is 0.658 bits per heavy atom. The van der Waals surface area contributed by atoms with Gasteiger partial charge >= 0.3 is 5.97 Å². The minimum atomic E-state index is -0.671. The molecule has 3 N–H and O–H groups in total. The lowest BCUT2D eigenvalue weighted by molar-refractivity contribution is -0.143. The number of hydrogen-bond acceptors (Lipinski definition) is 5. The van der Waals surface area contributed by atoms with Gasteiger partial charge in [0.05, 0.1) is 25.4 Å². The summed E-state index contributed by atoms with van der Waals surface area (Å²) in [4.78, 5) is 24.6. The van der Waals surface area contributed by atoms with Gasteiger partial charge in [-0.25, -0.2) is 0 Å². The fourth-order valence-corrected chi connectivity index (χ4v) is 10.7. The summed E-state index contributed by atoms with van der Waals surface area (Å²) in [6.45, 7) is 4.95. The van der Waals surface area contributed by atoms with Crippen LogP contribution in [0.3, 0.4) is 0 Å². The number of allylic oxidation sites excluding steroid dienone is 6. The molecule has 0 bridgehead atoms. The molecule has 1 amide bonds. The molecule has 0 aromatic carbocycles. The highest BCUT2D eigenvalue weighted by molar-refractivity contribution is 5.76. The molecule has 0 aliphatic heterocycles. The van der Waals surface area contributed by atoms with Crippen molar-refractivity contribution in [1.82, 2.24) is 5.32 Å². The predicted octanol–water partition coefficient (Wildman–Crippen LogP) is 21.9. The average Bonchev–Trinajstić information content (AvgIpc) is 3.42. The molecular weight excluding hydrogens is 935 g/mol. The van der Waals surface area contributed by atoms with Gasteiger partial charge in [-0.2, -0.15) is 0 Å². The summed E-state index contributed by atoms with van der Waals surface area (Å²) in [7, 11) is 0. The quantitative estimate of drug-likeness (QED) is 0.0320. The molecule has 0 heterocycles. The molecule has 0 saturated carbocycles. The molecule has 0 spiro atoms. The fraction of sp³-hybridized carbons (Fsp3) is 0.886. The molecule has 76 heavy (non-hydrogen) atoms. The topological polar surface area (TPSA) is 95.9 Å². The first-order valence-corrected chi connectivity index (χ1v) is 34.2. The zero-order valence-electron chi connectivity index (χ0n) is 51.3. The summed E-state index contributed by atoms with van der Waals surface area (Å²) in [6.07, 6.45) is 83.1. The highest BCUT2D eigenvalue weighted by Gasteiger charge is 2.20. The molecule has 2 atom stereocenters. The predicted molar refractivity (Wildman–Crippen MR) is 333 cm³/mol. The van der Waals surface area contributed by atoms with Gasteiger partial charge in [-0.1, -0.05) is 314 Å². The Morgan fingerprint density at radius 3 is 1.04 bits per heavy atom. The molecule has 0 aliphatic carbocycles. The summed E-state index contributed by atoms with van der Waals surface area (Å²) >= 11 is 0. The molecule has 0 aromatic rings. The van der Waals surface area contributed by atoms with Gasteiger partial charge in [-0.15, -0.1) is 0 Å². The van der Waals surface area contributed by atoms with E-state index in [9.17, 15) is 19.8 Å². The van der Waals surface area contributed by atoms with Crippen LogP contribution in [-0.2, 0) is 14.3 Å². The van der Waals surface area contributed by atoms with E-state index in [0.717, 1.165) is 51.4 Å². The third-order valence-electron chi connectivity index (χ3n) is 15.9. The van der Waals surface area contributed by atoms with E-state index in [-0.39, 0.29) is 18.5 Å². The van der Waals surface area contributed by atoms with Crippen molar-refractivity contribution in [3.8, 4) is 0 Å². The number of amides is 1. The van der Waals surface area contributed by atoms with E-state index >= 15 is 0 Å². The Morgan fingerprint density at radius 1 is 0.368 bits per heavy atom. The van der Waals surface area contributed by atoms with E-state index in [1.54, 1.807) is 0 Å². The van der Waals surface area contributed by atoms with Crippen LogP contribution in [0.1, 0.15) is 373 Å². The number of aliphatic hydroxyl groups is 2. The number of hydrogen-bond donors (Lipinski definition) is 3. The summed E-state index contributed by atoms with van der Waals surface area (Å²) in [5.41, 5.74) is 0. The summed E-state index contributed by atoms with van der Waals surface area (Å²) < 4.78 is 5.49. The van der Waals surface area contributed by atoms with Crippen LogP contribution >= 0.6 is 0 Å². The zero-order chi connectivity index (χ0) is 55.0. The maximum absolute atomic E-state index is 12.5. The standard InChI is InChI=1S/C70H133NO5/c1-3-5-7-9-11-13-15-17-19-21-22-24-27-31-34-38-42-46-50-54-58-62-68(73)67(66-72)71-69(74)63-59-55-51-47-43-39-35-32-28-25-23-26-29-33-37-41-45-49-53-57-61-65-76-70(75)64-60-56-52-48-44-40-36-30-20-18-16-14-12-10-8-6-4-2/h12,14,18,20,25,28,67-68,72-73H,3-11,13,15-17,19,21-24,26-27,29-66H2,1-2H3,(H,71,74)/b14-12-,20-18-,28-25-. The number of ether oxygens (including phenoxy) is 1. The number of carbonyl (C=O) groups excluding carboxylic acids is 2. The lowest BCUT2D eigenvalue weighted by Gasteiger charge is -2.22. The van der Waals surface area contributed by atoms with Crippen LogP contribution in [0, 0.1) is 0 Å². The fourth-order valence-electron chi connectivity index (χ4n) is 10.7. The Hall–Kier alpha value is -1.92. The van der Waals surface area contributed by atoms with Crippen molar-refractivity contribution < 1.29 is 24.5 Å². The number of carbonyl (C=O) groups is 2. The lowest BCUT2D eigenvalue weighted by atomic mass is 10.0. The summed E-state index contributed by atoms with van der Waals surface area (Å²) in [5.74, 6) is -0.0384. The summed E-state index contributed by atoms with van der Waals surface area (Å²) in [5, 5.41) is 23.4. The van der Waals surface area contributed by atoms with E-state index in [4.69, 9.17) is 4.74 Å². The first kappa shape index (κ1) is 74.1.